The summed E-state index contributed by atoms with van der Waals surface area (Å²) in [5.41, 5.74) is 0.215. The van der Waals surface area contributed by atoms with Gasteiger partial charge in [-0.1, -0.05) is 17.7 Å². The Balaban J connectivity index is 0.000000336. The molecule has 1 rings (SSSR count). The van der Waals surface area contributed by atoms with Crippen LogP contribution in [0, 0.1) is 0 Å². The second-order valence-corrected chi connectivity index (χ2v) is 4.66. The minimum absolute atomic E-state index is 0.215. The summed E-state index contributed by atoms with van der Waals surface area (Å²) >= 11 is 5.53. The number of aromatic carboxylic acids is 1. The topological polar surface area (TPSA) is 91.7 Å². The number of hydrogen-bond acceptors (Lipinski definition) is 3. The molecule has 2 N–H and O–H groups in total. The van der Waals surface area contributed by atoms with Gasteiger partial charge in [-0.05, 0) is 18.2 Å². The van der Waals surface area contributed by atoms with Gasteiger partial charge in [0.1, 0.15) is 0 Å². The Morgan fingerprint density at radius 3 is 2.07 bits per heavy atom. The Morgan fingerprint density at radius 2 is 1.80 bits per heavy atom. The molecular weight excluding hydrogens is 267 g/mol. The molecular formula is C7H6Cl2O5S. The number of hydrogen-bond donors (Lipinski definition) is 2. The summed E-state index contributed by atoms with van der Waals surface area (Å²) in [4.78, 5) is 10.3. The van der Waals surface area contributed by atoms with Gasteiger partial charge >= 0.3 is 15.3 Å². The Bertz CT molecular complexity index is 434. The van der Waals surface area contributed by atoms with Crippen LogP contribution in [0.3, 0.4) is 0 Å². The quantitative estimate of drug-likeness (QED) is 0.603. The lowest BCUT2D eigenvalue weighted by Gasteiger charge is -1.92. The average molecular weight is 273 g/mol. The highest BCUT2D eigenvalue weighted by Gasteiger charge is 2.00. The number of benzene rings is 1. The minimum Gasteiger partial charge on any atom is -0.478 e. The van der Waals surface area contributed by atoms with Crippen molar-refractivity contribution < 1.29 is 22.9 Å². The van der Waals surface area contributed by atoms with Crippen LogP contribution in [0.4, 0.5) is 0 Å². The molecule has 0 atom stereocenters. The van der Waals surface area contributed by atoms with Gasteiger partial charge in [-0.2, -0.15) is 8.42 Å². The lowest BCUT2D eigenvalue weighted by Crippen LogP contribution is -1.94. The first-order valence-corrected chi connectivity index (χ1v) is 6.00. The van der Waals surface area contributed by atoms with E-state index in [2.05, 4.69) is 10.7 Å². The fraction of sp³-hybridized carbons (Fsp3) is 0. The molecule has 0 aliphatic heterocycles. The van der Waals surface area contributed by atoms with E-state index in [0.29, 0.717) is 5.02 Å². The molecule has 0 saturated carbocycles. The van der Waals surface area contributed by atoms with Gasteiger partial charge in [0.2, 0.25) is 0 Å². The molecule has 8 heteroatoms. The third kappa shape index (κ3) is 9.48. The monoisotopic (exact) mass is 272 g/mol. The van der Waals surface area contributed by atoms with Crippen molar-refractivity contribution in [3.63, 3.8) is 0 Å². The first-order valence-electron chi connectivity index (χ1n) is 3.36. The zero-order chi connectivity index (χ0) is 12.1. The number of rotatable bonds is 1. The van der Waals surface area contributed by atoms with Gasteiger partial charge in [0.25, 0.3) is 0 Å². The molecule has 0 unspecified atom stereocenters. The van der Waals surface area contributed by atoms with Gasteiger partial charge in [0, 0.05) is 15.7 Å². The van der Waals surface area contributed by atoms with Crippen molar-refractivity contribution in [1.82, 2.24) is 0 Å². The smallest absolute Gasteiger partial charge is 0.353 e. The Morgan fingerprint density at radius 1 is 1.33 bits per heavy atom. The van der Waals surface area contributed by atoms with E-state index in [1.54, 1.807) is 12.1 Å². The molecule has 0 aliphatic carbocycles. The average Bonchev–Trinajstić information content (AvgIpc) is 2.00. The van der Waals surface area contributed by atoms with Crippen LogP contribution in [0.2, 0.25) is 5.02 Å². The summed E-state index contributed by atoms with van der Waals surface area (Å²) in [6, 6.07) is 6.14. The zero-order valence-corrected chi connectivity index (χ0v) is 9.42. The molecule has 0 fully saturated rings. The SMILES string of the molecule is O=C(O)c1cccc(Cl)c1.O=S(=O)(O)Cl. The number of carboxylic acid groups (broad SMARTS) is 1. The summed E-state index contributed by atoms with van der Waals surface area (Å²) in [5, 5.41) is 8.89. The summed E-state index contributed by atoms with van der Waals surface area (Å²) < 4.78 is 25.2. The van der Waals surface area contributed by atoms with Gasteiger partial charge in [0.05, 0.1) is 5.56 Å². The van der Waals surface area contributed by atoms with Crippen molar-refractivity contribution in [2.24, 2.45) is 0 Å². The summed E-state index contributed by atoms with van der Waals surface area (Å²) in [7, 11) is -0.137. The Hall–Kier alpha value is -0.820. The maximum atomic E-state index is 10.3. The zero-order valence-electron chi connectivity index (χ0n) is 7.09. The second kappa shape index (κ2) is 5.92. The molecule has 0 radical (unpaired) electrons. The number of carbonyl (C=O) groups is 1. The Kier molecular flexibility index (Phi) is 5.59. The lowest BCUT2D eigenvalue weighted by atomic mass is 10.2. The van der Waals surface area contributed by atoms with Crippen LogP contribution < -0.4 is 0 Å². The molecule has 84 valence electrons. The predicted molar refractivity (Wildman–Crippen MR) is 55.8 cm³/mol. The molecule has 0 spiro atoms. The maximum Gasteiger partial charge on any atom is 0.353 e. The van der Waals surface area contributed by atoms with E-state index in [4.69, 9.17) is 29.7 Å². The molecule has 0 aliphatic rings. The molecule has 15 heavy (non-hydrogen) atoms. The standard InChI is InChI=1S/C7H5ClO2.ClHO3S/c8-6-3-1-2-5(4-6)7(9)10;1-5(2,3)4/h1-4H,(H,9,10);(H,2,3,4). The molecule has 0 bridgehead atoms. The van der Waals surface area contributed by atoms with E-state index in [0.717, 1.165) is 0 Å². The van der Waals surface area contributed by atoms with Crippen molar-refractivity contribution in [3.8, 4) is 0 Å². The van der Waals surface area contributed by atoms with E-state index in [9.17, 15) is 4.79 Å². The van der Waals surface area contributed by atoms with Crippen LogP contribution in [0.25, 0.3) is 0 Å². The molecule has 0 amide bonds. The third-order valence-corrected chi connectivity index (χ3v) is 1.31. The number of carboxylic acids is 1. The predicted octanol–water partition coefficient (Wildman–Crippen LogP) is 2.07. The van der Waals surface area contributed by atoms with Gasteiger partial charge in [-0.15, -0.1) is 0 Å². The first-order chi connectivity index (χ1) is 6.70. The van der Waals surface area contributed by atoms with E-state index in [1.807, 2.05) is 0 Å². The van der Waals surface area contributed by atoms with Crippen LogP contribution in [0.1, 0.15) is 10.4 Å². The lowest BCUT2D eigenvalue weighted by molar-refractivity contribution is 0.0697. The molecule has 0 aromatic heterocycles. The van der Waals surface area contributed by atoms with Crippen molar-refractivity contribution in [2.75, 3.05) is 0 Å². The van der Waals surface area contributed by atoms with Crippen LogP contribution in [-0.4, -0.2) is 24.0 Å². The first kappa shape index (κ1) is 14.2. The third-order valence-electron chi connectivity index (χ3n) is 1.07. The van der Waals surface area contributed by atoms with Crippen LogP contribution in [0.5, 0.6) is 0 Å². The summed E-state index contributed by atoms with van der Waals surface area (Å²) in [5.74, 6) is -0.956. The van der Waals surface area contributed by atoms with Gasteiger partial charge in [-0.25, -0.2) is 4.79 Å². The van der Waals surface area contributed by atoms with E-state index in [1.165, 1.54) is 12.1 Å². The van der Waals surface area contributed by atoms with E-state index >= 15 is 0 Å². The fourth-order valence-electron chi connectivity index (χ4n) is 0.622. The fourth-order valence-corrected chi connectivity index (χ4v) is 0.812. The molecule has 0 saturated heterocycles. The molecule has 1 aromatic rings. The van der Waals surface area contributed by atoms with Crippen molar-refractivity contribution in [1.29, 1.82) is 0 Å². The highest BCUT2D eigenvalue weighted by Crippen LogP contribution is 2.09. The summed E-state index contributed by atoms with van der Waals surface area (Å²) in [6.07, 6.45) is 0. The molecule has 1 aromatic carbocycles. The highest BCUT2D eigenvalue weighted by atomic mass is 35.7. The van der Waals surface area contributed by atoms with Crippen LogP contribution in [0.15, 0.2) is 24.3 Å². The van der Waals surface area contributed by atoms with Crippen LogP contribution in [-0.2, 0) is 9.33 Å². The summed E-state index contributed by atoms with van der Waals surface area (Å²) in [6.45, 7) is 0. The molecule has 0 heterocycles. The van der Waals surface area contributed by atoms with Gasteiger partial charge in [-0.3, -0.25) is 4.55 Å². The van der Waals surface area contributed by atoms with Crippen LogP contribution >= 0.6 is 22.3 Å². The Labute approximate surface area is 95.5 Å². The largest absolute Gasteiger partial charge is 0.478 e. The van der Waals surface area contributed by atoms with E-state index in [-0.39, 0.29) is 5.56 Å². The van der Waals surface area contributed by atoms with E-state index < -0.39 is 15.3 Å². The van der Waals surface area contributed by atoms with Crippen molar-refractivity contribution in [3.05, 3.63) is 34.9 Å². The highest BCUT2D eigenvalue weighted by molar-refractivity contribution is 8.09. The normalized spacial score (nSPS) is 10.1. The maximum absolute atomic E-state index is 10.3. The van der Waals surface area contributed by atoms with Gasteiger partial charge < -0.3 is 5.11 Å². The molecule has 5 nitrogen and oxygen atoms in total. The van der Waals surface area contributed by atoms with Crippen molar-refractivity contribution in [2.45, 2.75) is 0 Å². The van der Waals surface area contributed by atoms with Crippen molar-refractivity contribution >= 4 is 37.6 Å². The second-order valence-electron chi connectivity index (χ2n) is 2.23. The number of halogens is 2. The minimum atomic E-state index is -4.19. The van der Waals surface area contributed by atoms with Gasteiger partial charge in [0.15, 0.2) is 0 Å².